The van der Waals surface area contributed by atoms with Crippen molar-refractivity contribution in [3.05, 3.63) is 51.7 Å². The first-order valence-electron chi connectivity index (χ1n) is 11.7. The number of nitriles is 1. The Hall–Kier alpha value is -3.01. The molecule has 2 aromatic rings. The van der Waals surface area contributed by atoms with Crippen LogP contribution in [0.15, 0.2) is 35.7 Å². The summed E-state index contributed by atoms with van der Waals surface area (Å²) in [4.78, 5) is 33.7. The van der Waals surface area contributed by atoms with Gasteiger partial charge >= 0.3 is 6.18 Å². The first-order valence-corrected chi connectivity index (χ1v) is 13.0. The van der Waals surface area contributed by atoms with Gasteiger partial charge in [0.05, 0.1) is 29.3 Å². The highest BCUT2D eigenvalue weighted by Crippen LogP contribution is 2.37. The Morgan fingerprint density at radius 3 is 2.46 bits per heavy atom. The number of alkyl halides is 3. The van der Waals surface area contributed by atoms with Crippen LogP contribution in [0.1, 0.15) is 29.9 Å². The molecule has 0 N–H and O–H groups in total. The zero-order chi connectivity index (χ0) is 27.0. The van der Waals surface area contributed by atoms with Gasteiger partial charge in [-0.1, -0.05) is 6.07 Å². The number of carbonyl (C=O) groups is 2. The predicted octanol–water partition coefficient (Wildman–Crippen LogP) is 3.74. The molecule has 2 fully saturated rings. The monoisotopic (exact) mass is 549 g/mol. The third-order valence-corrected chi connectivity index (χ3v) is 8.06. The Bertz CT molecular complexity index is 1230. The lowest BCUT2D eigenvalue weighted by Gasteiger charge is -2.37. The van der Waals surface area contributed by atoms with Gasteiger partial charge in [-0.15, -0.1) is 11.3 Å². The molecule has 4 rings (SSSR count). The van der Waals surface area contributed by atoms with Gasteiger partial charge in [-0.05, 0) is 55.7 Å². The fourth-order valence-corrected chi connectivity index (χ4v) is 5.78. The zero-order valence-electron chi connectivity index (χ0n) is 20.4. The van der Waals surface area contributed by atoms with Crippen LogP contribution in [0.2, 0.25) is 0 Å². The third-order valence-electron chi connectivity index (χ3n) is 6.78. The number of hydrogen-bond donors (Lipinski definition) is 0. The van der Waals surface area contributed by atoms with Crippen molar-refractivity contribution in [2.75, 3.05) is 44.2 Å². The number of thiophene rings is 1. The highest BCUT2D eigenvalue weighted by Gasteiger charge is 2.49. The highest BCUT2D eigenvalue weighted by atomic mass is 32.1. The molecule has 0 saturated carbocycles. The number of benzene rings is 1. The van der Waals surface area contributed by atoms with E-state index in [4.69, 9.17) is 17.5 Å². The van der Waals surface area contributed by atoms with Crippen LogP contribution in [-0.4, -0.2) is 76.4 Å². The summed E-state index contributed by atoms with van der Waals surface area (Å²) in [5.74, 6) is -0.329. The maximum Gasteiger partial charge on any atom is 0.417 e. The molecule has 0 atom stereocenters. The second-order valence-corrected chi connectivity index (χ2v) is 10.8. The molecule has 37 heavy (non-hydrogen) atoms. The quantitative estimate of drug-likeness (QED) is 0.512. The molecule has 2 aliphatic heterocycles. The molecule has 0 unspecified atom stereocenters. The van der Waals surface area contributed by atoms with Crippen molar-refractivity contribution in [3.63, 3.8) is 0 Å². The van der Waals surface area contributed by atoms with Gasteiger partial charge in [-0.3, -0.25) is 19.4 Å². The fraction of sp³-hybridized carbons (Fsp3) is 0.440. The number of carbonyl (C=O) groups excluding carboxylic acids is 2. The second kappa shape index (κ2) is 10.4. The van der Waals surface area contributed by atoms with E-state index in [1.807, 2.05) is 22.4 Å². The molecular formula is C25H26F3N5O2S2. The maximum atomic E-state index is 13.5. The van der Waals surface area contributed by atoms with Crippen LogP contribution in [0.25, 0.3) is 0 Å². The average molecular weight is 550 g/mol. The van der Waals surface area contributed by atoms with Crippen LogP contribution in [0.4, 0.5) is 18.9 Å². The van der Waals surface area contributed by atoms with Crippen molar-refractivity contribution >= 4 is 46.2 Å². The fourth-order valence-electron chi connectivity index (χ4n) is 4.58. The molecule has 0 aliphatic carbocycles. The average Bonchev–Trinajstić information content (AvgIpc) is 3.42. The number of thiocarbonyl (C=S) groups is 1. The molecule has 196 valence electrons. The Labute approximate surface area is 222 Å². The summed E-state index contributed by atoms with van der Waals surface area (Å²) in [6, 6.07) is 8.60. The van der Waals surface area contributed by atoms with Crippen LogP contribution in [-0.2, 0) is 22.2 Å². The van der Waals surface area contributed by atoms with Gasteiger partial charge in [-0.25, -0.2) is 0 Å². The number of halogens is 3. The molecule has 0 radical (unpaired) electrons. The van der Waals surface area contributed by atoms with E-state index in [2.05, 4.69) is 4.90 Å². The van der Waals surface area contributed by atoms with Crippen molar-refractivity contribution in [2.45, 2.75) is 32.0 Å². The van der Waals surface area contributed by atoms with E-state index in [1.165, 1.54) is 6.07 Å². The number of nitrogens with zero attached hydrogens (tertiary/aromatic N) is 5. The largest absolute Gasteiger partial charge is 0.417 e. The van der Waals surface area contributed by atoms with Gasteiger partial charge < -0.3 is 9.80 Å². The van der Waals surface area contributed by atoms with E-state index in [-0.39, 0.29) is 16.7 Å². The lowest BCUT2D eigenvalue weighted by Crippen LogP contribution is -2.52. The number of piperazine rings is 1. The van der Waals surface area contributed by atoms with Gasteiger partial charge in [0.15, 0.2) is 5.11 Å². The van der Waals surface area contributed by atoms with Crippen LogP contribution in [0.3, 0.4) is 0 Å². The molecule has 0 spiro atoms. The molecule has 1 aromatic heterocycles. The zero-order valence-corrected chi connectivity index (χ0v) is 22.0. The van der Waals surface area contributed by atoms with E-state index in [9.17, 15) is 22.8 Å². The van der Waals surface area contributed by atoms with Crippen LogP contribution >= 0.6 is 23.6 Å². The summed E-state index contributed by atoms with van der Waals surface area (Å²) >= 11 is 7.12. The van der Waals surface area contributed by atoms with E-state index in [0.717, 1.165) is 21.9 Å². The minimum Gasteiger partial charge on any atom is -0.340 e. The summed E-state index contributed by atoms with van der Waals surface area (Å²) in [7, 11) is 0. The standard InChI is InChI=1S/C25H26F3N5O2S2/c1-24(2)22(35)33(18-6-5-17(16-29)20(14-18)25(26,27)28)23(36)32(24)12-9-30-7-10-31(11-8-30)21(34)15-19-4-3-13-37-19/h3-6,13-14H,7-12,15H2,1-2H3. The SMILES string of the molecule is CC1(C)C(=O)N(c2ccc(C#N)c(C(F)(F)F)c2)C(=S)N1CCN1CCN(C(=O)Cc2cccs2)CC1. The van der Waals surface area contributed by atoms with Gasteiger partial charge in [0.1, 0.15) is 5.54 Å². The summed E-state index contributed by atoms with van der Waals surface area (Å²) in [6.45, 7) is 6.94. The normalized spacial score (nSPS) is 18.4. The molecule has 2 saturated heterocycles. The van der Waals surface area contributed by atoms with Crippen molar-refractivity contribution in [2.24, 2.45) is 0 Å². The molecule has 2 amide bonds. The van der Waals surface area contributed by atoms with Gasteiger partial charge in [0, 0.05) is 44.1 Å². The number of anilines is 1. The lowest BCUT2D eigenvalue weighted by atomic mass is 10.0. The van der Waals surface area contributed by atoms with Gasteiger partial charge in [0.25, 0.3) is 5.91 Å². The maximum absolute atomic E-state index is 13.5. The van der Waals surface area contributed by atoms with E-state index < -0.39 is 28.7 Å². The van der Waals surface area contributed by atoms with Crippen LogP contribution in [0.5, 0.6) is 0 Å². The molecule has 0 bridgehead atoms. The Balaban J connectivity index is 1.40. The Kier molecular flexibility index (Phi) is 7.60. The minimum atomic E-state index is -4.74. The van der Waals surface area contributed by atoms with Crippen molar-refractivity contribution in [1.29, 1.82) is 5.26 Å². The van der Waals surface area contributed by atoms with Crippen LogP contribution in [0, 0.1) is 11.3 Å². The van der Waals surface area contributed by atoms with Crippen molar-refractivity contribution < 1.29 is 22.8 Å². The molecule has 2 aliphatic rings. The van der Waals surface area contributed by atoms with E-state index >= 15 is 0 Å². The molecule has 1 aromatic carbocycles. The first-order chi connectivity index (χ1) is 17.4. The Morgan fingerprint density at radius 2 is 1.86 bits per heavy atom. The Morgan fingerprint density at radius 1 is 1.16 bits per heavy atom. The first kappa shape index (κ1) is 27.0. The lowest BCUT2D eigenvalue weighted by molar-refractivity contribution is -0.138. The summed E-state index contributed by atoms with van der Waals surface area (Å²) in [6.07, 6.45) is -4.34. The second-order valence-electron chi connectivity index (χ2n) is 9.45. The highest BCUT2D eigenvalue weighted by molar-refractivity contribution is 7.80. The third kappa shape index (κ3) is 5.49. The summed E-state index contributed by atoms with van der Waals surface area (Å²) < 4.78 is 40.5. The number of rotatable bonds is 6. The van der Waals surface area contributed by atoms with Gasteiger partial charge in [-0.2, -0.15) is 18.4 Å². The molecular weight excluding hydrogens is 523 g/mol. The number of amides is 2. The van der Waals surface area contributed by atoms with E-state index in [0.29, 0.717) is 45.7 Å². The smallest absolute Gasteiger partial charge is 0.340 e. The summed E-state index contributed by atoms with van der Waals surface area (Å²) in [5.41, 5.74) is -2.69. The minimum absolute atomic E-state index is 0.0187. The molecule has 7 nitrogen and oxygen atoms in total. The number of hydrogen-bond acceptors (Lipinski definition) is 6. The van der Waals surface area contributed by atoms with Crippen molar-refractivity contribution in [1.82, 2.24) is 14.7 Å². The predicted molar refractivity (Wildman–Crippen MR) is 138 cm³/mol. The summed E-state index contributed by atoms with van der Waals surface area (Å²) in [5, 5.41) is 11.1. The van der Waals surface area contributed by atoms with Gasteiger partial charge in [0.2, 0.25) is 5.91 Å². The molecule has 3 heterocycles. The van der Waals surface area contributed by atoms with E-state index in [1.54, 1.807) is 36.2 Å². The van der Waals surface area contributed by atoms with Crippen LogP contribution < -0.4 is 4.90 Å². The van der Waals surface area contributed by atoms with Crippen molar-refractivity contribution in [3.8, 4) is 6.07 Å². The molecule has 12 heteroatoms. The topological polar surface area (TPSA) is 70.9 Å².